The van der Waals surface area contributed by atoms with Crippen LogP contribution in [0.3, 0.4) is 0 Å². The summed E-state index contributed by atoms with van der Waals surface area (Å²) >= 11 is 3.36. The maximum atomic E-state index is 13.6. The molecule has 0 aliphatic heterocycles. The van der Waals surface area contributed by atoms with Gasteiger partial charge in [-0.15, -0.1) is 5.10 Å². The third-order valence-electron chi connectivity index (χ3n) is 4.58. The minimum absolute atomic E-state index is 0.166. The van der Waals surface area contributed by atoms with Crippen LogP contribution in [-0.2, 0) is 4.79 Å². The highest BCUT2D eigenvalue weighted by Crippen LogP contribution is 2.45. The van der Waals surface area contributed by atoms with Crippen LogP contribution >= 0.6 is 15.9 Å². The van der Waals surface area contributed by atoms with Gasteiger partial charge in [-0.05, 0) is 42.3 Å². The van der Waals surface area contributed by atoms with Crippen molar-refractivity contribution in [3.8, 4) is 0 Å². The molecule has 9 heteroatoms. The van der Waals surface area contributed by atoms with Crippen molar-refractivity contribution in [3.63, 3.8) is 0 Å². The summed E-state index contributed by atoms with van der Waals surface area (Å²) in [4.78, 5) is 30.6. The second-order valence-corrected chi connectivity index (χ2v) is 7.65. The van der Waals surface area contributed by atoms with E-state index in [1.165, 1.54) is 11.9 Å². The van der Waals surface area contributed by atoms with E-state index in [-0.39, 0.29) is 24.3 Å². The zero-order valence-corrected chi connectivity index (χ0v) is 16.6. The molecule has 1 N–H and O–H groups in total. The number of hydrogen-bond donors (Lipinski definition) is 1. The Kier molecular flexibility index (Phi) is 4.84. The lowest BCUT2D eigenvalue weighted by Gasteiger charge is -2.18. The standard InChI is InChI=1S/C19H17BrFN5O2/c1-25(10-17(27)23-19-22-16-4-2-3-7-26(16)24-19)18(28)12-6-5-11(20)8-13(12)14-9-15(14)21/h2-8,14-15H,9-10H2,1H3,(H,23,24,27)/t14?,15-/m1/s1. The van der Waals surface area contributed by atoms with Gasteiger partial charge < -0.3 is 4.90 Å². The highest BCUT2D eigenvalue weighted by Gasteiger charge is 2.41. The van der Waals surface area contributed by atoms with Gasteiger partial charge in [0.2, 0.25) is 11.9 Å². The number of benzene rings is 1. The number of rotatable bonds is 5. The minimum atomic E-state index is -0.921. The molecule has 1 aliphatic rings. The van der Waals surface area contributed by atoms with Crippen molar-refractivity contribution in [1.29, 1.82) is 0 Å². The van der Waals surface area contributed by atoms with E-state index in [9.17, 15) is 14.0 Å². The molecular formula is C19H17BrFN5O2. The minimum Gasteiger partial charge on any atom is -0.332 e. The molecule has 1 fully saturated rings. The summed E-state index contributed by atoms with van der Waals surface area (Å²) in [5, 5.41) is 6.74. The SMILES string of the molecule is CN(CC(=O)Nc1nc2ccccn2n1)C(=O)c1ccc(Br)cc1C1C[C@H]1F. The fraction of sp³-hybridized carbons (Fsp3) is 0.263. The van der Waals surface area contributed by atoms with Gasteiger partial charge in [-0.3, -0.25) is 14.9 Å². The molecule has 4 rings (SSSR count). The Morgan fingerprint density at radius 1 is 1.36 bits per heavy atom. The van der Waals surface area contributed by atoms with Gasteiger partial charge in [-0.2, -0.15) is 4.98 Å². The maximum Gasteiger partial charge on any atom is 0.254 e. The van der Waals surface area contributed by atoms with Gasteiger partial charge in [0, 0.05) is 29.2 Å². The number of likely N-dealkylation sites (N-methyl/N-ethyl adjacent to an activating group) is 1. The van der Waals surface area contributed by atoms with E-state index in [0.717, 1.165) is 4.47 Å². The number of nitrogens with one attached hydrogen (secondary N) is 1. The number of carbonyl (C=O) groups is 2. The second-order valence-electron chi connectivity index (χ2n) is 6.74. The number of nitrogens with zero attached hydrogens (tertiary/aromatic N) is 4. The Labute approximate surface area is 168 Å². The van der Waals surface area contributed by atoms with Crippen molar-refractivity contribution >= 4 is 39.3 Å². The highest BCUT2D eigenvalue weighted by atomic mass is 79.9. The fourth-order valence-electron chi connectivity index (χ4n) is 3.06. The Morgan fingerprint density at radius 3 is 2.86 bits per heavy atom. The van der Waals surface area contributed by atoms with Gasteiger partial charge >= 0.3 is 0 Å². The molecule has 144 valence electrons. The maximum absolute atomic E-state index is 13.6. The van der Waals surface area contributed by atoms with E-state index in [2.05, 4.69) is 31.3 Å². The van der Waals surface area contributed by atoms with E-state index in [1.807, 2.05) is 6.07 Å². The number of aromatic nitrogens is 3. The third kappa shape index (κ3) is 3.75. The topological polar surface area (TPSA) is 79.6 Å². The Balaban J connectivity index is 1.45. The summed E-state index contributed by atoms with van der Waals surface area (Å²) in [6, 6.07) is 10.6. The van der Waals surface area contributed by atoms with E-state index < -0.39 is 12.1 Å². The molecule has 2 atom stereocenters. The lowest BCUT2D eigenvalue weighted by atomic mass is 10.0. The molecule has 28 heavy (non-hydrogen) atoms. The van der Waals surface area contributed by atoms with Gasteiger partial charge in [0.15, 0.2) is 5.65 Å². The number of carbonyl (C=O) groups excluding carboxylic acids is 2. The molecule has 1 saturated carbocycles. The normalized spacial score (nSPS) is 18.1. The van der Waals surface area contributed by atoms with Crippen LogP contribution in [0.5, 0.6) is 0 Å². The predicted molar refractivity (Wildman–Crippen MR) is 105 cm³/mol. The smallest absolute Gasteiger partial charge is 0.254 e. The quantitative estimate of drug-likeness (QED) is 0.654. The average molecular weight is 446 g/mol. The molecule has 1 aromatic carbocycles. The van der Waals surface area contributed by atoms with Crippen LogP contribution < -0.4 is 5.32 Å². The van der Waals surface area contributed by atoms with E-state index in [4.69, 9.17) is 0 Å². The summed E-state index contributed by atoms with van der Waals surface area (Å²) in [5.41, 5.74) is 1.68. The Bertz CT molecular complexity index is 1040. The molecular weight excluding hydrogens is 429 g/mol. The van der Waals surface area contributed by atoms with Crippen molar-refractivity contribution < 1.29 is 14.0 Å². The molecule has 0 radical (unpaired) electrons. The summed E-state index contributed by atoms with van der Waals surface area (Å²) in [7, 11) is 1.53. The first-order chi connectivity index (χ1) is 13.4. The van der Waals surface area contributed by atoms with Crippen molar-refractivity contribution in [1.82, 2.24) is 19.5 Å². The summed E-state index contributed by atoms with van der Waals surface area (Å²) in [6.45, 7) is -0.173. The molecule has 0 spiro atoms. The number of anilines is 1. The first-order valence-corrected chi connectivity index (χ1v) is 9.52. The van der Waals surface area contributed by atoms with Gasteiger partial charge in [0.25, 0.3) is 5.91 Å². The lowest BCUT2D eigenvalue weighted by Crippen LogP contribution is -2.35. The van der Waals surface area contributed by atoms with E-state index >= 15 is 0 Å². The number of halogens is 2. The van der Waals surface area contributed by atoms with Crippen LogP contribution in [0.2, 0.25) is 0 Å². The number of alkyl halides is 1. The largest absolute Gasteiger partial charge is 0.332 e. The molecule has 7 nitrogen and oxygen atoms in total. The molecule has 0 saturated heterocycles. The lowest BCUT2D eigenvalue weighted by molar-refractivity contribution is -0.116. The number of pyridine rings is 1. The van der Waals surface area contributed by atoms with Gasteiger partial charge in [-0.25, -0.2) is 8.91 Å². The van der Waals surface area contributed by atoms with Crippen molar-refractivity contribution in [3.05, 3.63) is 58.2 Å². The van der Waals surface area contributed by atoms with Crippen LogP contribution in [0.4, 0.5) is 10.3 Å². The second kappa shape index (κ2) is 7.31. The summed E-state index contributed by atoms with van der Waals surface area (Å²) in [6.07, 6.45) is 1.22. The molecule has 1 aliphatic carbocycles. The molecule has 2 amide bonds. The van der Waals surface area contributed by atoms with Crippen molar-refractivity contribution in [2.45, 2.75) is 18.5 Å². The highest BCUT2D eigenvalue weighted by molar-refractivity contribution is 9.10. The molecule has 1 unspecified atom stereocenters. The number of hydrogen-bond acceptors (Lipinski definition) is 4. The van der Waals surface area contributed by atoms with E-state index in [0.29, 0.717) is 23.2 Å². The Morgan fingerprint density at radius 2 is 2.14 bits per heavy atom. The predicted octanol–water partition coefficient (Wildman–Crippen LogP) is 3.03. The Hall–Kier alpha value is -2.81. The first kappa shape index (κ1) is 18.5. The molecule has 0 bridgehead atoms. The van der Waals surface area contributed by atoms with Crippen LogP contribution in [0.25, 0.3) is 5.65 Å². The molecule has 2 heterocycles. The van der Waals surface area contributed by atoms with Gasteiger partial charge in [-0.1, -0.05) is 22.0 Å². The number of fused-ring (bicyclic) bond motifs is 1. The van der Waals surface area contributed by atoms with Crippen LogP contribution in [-0.4, -0.2) is 51.1 Å². The molecule has 2 aromatic heterocycles. The van der Waals surface area contributed by atoms with Crippen molar-refractivity contribution in [2.75, 3.05) is 18.9 Å². The first-order valence-electron chi connectivity index (χ1n) is 8.72. The third-order valence-corrected chi connectivity index (χ3v) is 5.07. The van der Waals surface area contributed by atoms with Crippen molar-refractivity contribution in [2.24, 2.45) is 0 Å². The zero-order valence-electron chi connectivity index (χ0n) is 15.0. The van der Waals surface area contributed by atoms with E-state index in [1.54, 1.807) is 41.0 Å². The average Bonchev–Trinajstić information content (AvgIpc) is 3.24. The van der Waals surface area contributed by atoms with Crippen LogP contribution in [0.15, 0.2) is 47.1 Å². The van der Waals surface area contributed by atoms with Gasteiger partial charge in [0.1, 0.15) is 6.17 Å². The molecule has 3 aromatic rings. The summed E-state index contributed by atoms with van der Waals surface area (Å²) < 4.78 is 15.9. The van der Waals surface area contributed by atoms with Gasteiger partial charge in [0.05, 0.1) is 6.54 Å². The fourth-order valence-corrected chi connectivity index (χ4v) is 3.44. The summed E-state index contributed by atoms with van der Waals surface area (Å²) in [5.74, 6) is -0.847. The van der Waals surface area contributed by atoms with Crippen LogP contribution in [0.1, 0.15) is 28.3 Å². The zero-order chi connectivity index (χ0) is 19.8. The van der Waals surface area contributed by atoms with Crippen LogP contribution in [0, 0.1) is 0 Å². The monoisotopic (exact) mass is 445 g/mol. The number of amides is 2.